The molecule has 116 valence electrons. The van der Waals surface area contributed by atoms with Gasteiger partial charge in [0.1, 0.15) is 0 Å². The Hall–Kier alpha value is -3.32. The van der Waals surface area contributed by atoms with Crippen molar-refractivity contribution in [1.82, 2.24) is 15.0 Å². The molecular formula is C20H16N4. The van der Waals surface area contributed by atoms with E-state index in [1.165, 1.54) is 10.9 Å². The molecule has 4 heteroatoms. The monoisotopic (exact) mass is 312 g/mol. The lowest BCUT2D eigenvalue weighted by atomic mass is 9.93. The summed E-state index contributed by atoms with van der Waals surface area (Å²) in [6.07, 6.45) is 4.42. The molecule has 0 fully saturated rings. The molecule has 0 bridgehead atoms. The second kappa shape index (κ2) is 6.05. The predicted molar refractivity (Wildman–Crippen MR) is 93.6 cm³/mol. The Balaban J connectivity index is 1.72. The fraction of sp³-hybridized carbons (Fsp3) is 0.100. The molecule has 0 aliphatic rings. The van der Waals surface area contributed by atoms with E-state index in [0.29, 0.717) is 5.56 Å². The van der Waals surface area contributed by atoms with Gasteiger partial charge in [-0.3, -0.25) is 0 Å². The third kappa shape index (κ3) is 2.68. The molecule has 0 saturated heterocycles. The van der Waals surface area contributed by atoms with Crippen molar-refractivity contribution in [2.45, 2.75) is 12.3 Å². The van der Waals surface area contributed by atoms with Crippen molar-refractivity contribution >= 4 is 10.9 Å². The first-order valence-corrected chi connectivity index (χ1v) is 7.88. The molecule has 0 aliphatic carbocycles. The van der Waals surface area contributed by atoms with Crippen LogP contribution in [0.4, 0.5) is 0 Å². The highest BCUT2D eigenvalue weighted by atomic mass is 14.9. The van der Waals surface area contributed by atoms with Gasteiger partial charge in [0.15, 0.2) is 0 Å². The number of benzene rings is 2. The summed E-state index contributed by atoms with van der Waals surface area (Å²) >= 11 is 0. The molecule has 0 aliphatic heterocycles. The third-order valence-electron chi connectivity index (χ3n) is 4.34. The number of nitriles is 1. The molecule has 2 aromatic carbocycles. The van der Waals surface area contributed by atoms with Crippen LogP contribution in [0, 0.1) is 11.3 Å². The number of rotatable bonds is 4. The Morgan fingerprint density at radius 2 is 1.88 bits per heavy atom. The fourth-order valence-electron chi connectivity index (χ4n) is 3.08. The minimum absolute atomic E-state index is 0.160. The van der Waals surface area contributed by atoms with E-state index in [-0.39, 0.29) is 5.92 Å². The quantitative estimate of drug-likeness (QED) is 0.594. The maximum Gasteiger partial charge on any atom is 0.0991 e. The van der Waals surface area contributed by atoms with E-state index in [9.17, 15) is 0 Å². The average Bonchev–Trinajstić information content (AvgIpc) is 3.29. The zero-order valence-corrected chi connectivity index (χ0v) is 13.0. The lowest BCUT2D eigenvalue weighted by Gasteiger charge is -2.14. The summed E-state index contributed by atoms with van der Waals surface area (Å²) in [5.74, 6) is 0.160. The van der Waals surface area contributed by atoms with Crippen molar-refractivity contribution in [2.24, 2.45) is 0 Å². The Morgan fingerprint density at radius 1 is 1.04 bits per heavy atom. The van der Waals surface area contributed by atoms with Gasteiger partial charge in [0.05, 0.1) is 18.0 Å². The van der Waals surface area contributed by atoms with Crippen molar-refractivity contribution < 1.29 is 0 Å². The van der Waals surface area contributed by atoms with Gasteiger partial charge in [0.2, 0.25) is 0 Å². The first-order chi connectivity index (χ1) is 11.8. The molecule has 4 nitrogen and oxygen atoms in total. The number of para-hydroxylation sites is 1. The van der Waals surface area contributed by atoms with Crippen molar-refractivity contribution in [1.29, 1.82) is 5.26 Å². The highest BCUT2D eigenvalue weighted by Crippen LogP contribution is 2.29. The number of hydrogen-bond donors (Lipinski definition) is 2. The molecule has 0 saturated carbocycles. The molecule has 2 heterocycles. The molecule has 0 radical (unpaired) electrons. The zero-order chi connectivity index (χ0) is 16.4. The van der Waals surface area contributed by atoms with Gasteiger partial charge in [0.25, 0.3) is 0 Å². The molecule has 4 aromatic rings. The van der Waals surface area contributed by atoms with Crippen molar-refractivity contribution in [3.63, 3.8) is 0 Å². The van der Waals surface area contributed by atoms with E-state index >= 15 is 0 Å². The second-order valence-corrected chi connectivity index (χ2v) is 5.88. The minimum Gasteiger partial charge on any atom is -0.358 e. The largest absolute Gasteiger partial charge is 0.358 e. The fourth-order valence-corrected chi connectivity index (χ4v) is 3.08. The van der Waals surface area contributed by atoms with Crippen molar-refractivity contribution in [2.75, 3.05) is 0 Å². The molecule has 1 unspecified atom stereocenters. The lowest BCUT2D eigenvalue weighted by molar-refractivity contribution is 0.760. The molecule has 0 amide bonds. The zero-order valence-electron chi connectivity index (χ0n) is 13.0. The second-order valence-electron chi connectivity index (χ2n) is 5.88. The smallest absolute Gasteiger partial charge is 0.0991 e. The molecule has 24 heavy (non-hydrogen) atoms. The highest BCUT2D eigenvalue weighted by molar-refractivity contribution is 5.80. The molecule has 0 spiro atoms. The van der Waals surface area contributed by atoms with Gasteiger partial charge >= 0.3 is 0 Å². The summed E-state index contributed by atoms with van der Waals surface area (Å²) in [6.45, 7) is 0. The lowest BCUT2D eigenvalue weighted by Crippen LogP contribution is -2.06. The first-order valence-electron chi connectivity index (χ1n) is 7.88. The summed E-state index contributed by atoms with van der Waals surface area (Å²) in [5, 5.41) is 10.2. The van der Waals surface area contributed by atoms with Gasteiger partial charge in [-0.05, 0) is 41.6 Å². The number of imidazole rings is 1. The van der Waals surface area contributed by atoms with Gasteiger partial charge in [0, 0.05) is 29.0 Å². The number of hydrogen-bond acceptors (Lipinski definition) is 2. The maximum atomic E-state index is 8.95. The predicted octanol–water partition coefficient (Wildman–Crippen LogP) is 4.14. The minimum atomic E-state index is 0.160. The van der Waals surface area contributed by atoms with E-state index in [1.54, 1.807) is 6.33 Å². The van der Waals surface area contributed by atoms with Gasteiger partial charge in [-0.1, -0.05) is 30.3 Å². The number of fused-ring (bicyclic) bond motifs is 1. The topological polar surface area (TPSA) is 68.3 Å². The highest BCUT2D eigenvalue weighted by Gasteiger charge is 2.18. The van der Waals surface area contributed by atoms with E-state index in [4.69, 9.17) is 5.26 Å². The van der Waals surface area contributed by atoms with Crippen LogP contribution >= 0.6 is 0 Å². The Bertz CT molecular complexity index is 955. The van der Waals surface area contributed by atoms with Gasteiger partial charge < -0.3 is 9.97 Å². The number of nitrogens with one attached hydrogen (secondary N) is 2. The summed E-state index contributed by atoms with van der Waals surface area (Å²) in [5.41, 5.74) is 5.24. The molecule has 2 aromatic heterocycles. The number of H-pyrrole nitrogens is 2. The molecule has 1 atom stereocenters. The van der Waals surface area contributed by atoms with Crippen molar-refractivity contribution in [3.05, 3.63) is 89.6 Å². The maximum absolute atomic E-state index is 8.95. The van der Waals surface area contributed by atoms with Crippen LogP contribution in [0.1, 0.15) is 28.4 Å². The van der Waals surface area contributed by atoms with Crippen LogP contribution in [-0.4, -0.2) is 15.0 Å². The Labute approximate surface area is 139 Å². The van der Waals surface area contributed by atoms with Gasteiger partial charge in [-0.2, -0.15) is 5.26 Å². The van der Waals surface area contributed by atoms with Crippen LogP contribution in [0.25, 0.3) is 10.9 Å². The normalized spacial score (nSPS) is 12.1. The van der Waals surface area contributed by atoms with Crippen molar-refractivity contribution in [3.8, 4) is 6.07 Å². The summed E-state index contributed by atoms with van der Waals surface area (Å²) < 4.78 is 0. The van der Waals surface area contributed by atoms with Crippen LogP contribution in [0.15, 0.2) is 67.1 Å². The van der Waals surface area contributed by atoms with E-state index < -0.39 is 0 Å². The molecule has 4 rings (SSSR count). The Morgan fingerprint density at radius 3 is 2.58 bits per heavy atom. The SMILES string of the molecule is N#Cc1ccc(CC(c2cnc[nH]2)c2cc3ccccc3[nH]2)cc1. The van der Waals surface area contributed by atoms with Crippen LogP contribution in [0.2, 0.25) is 0 Å². The van der Waals surface area contributed by atoms with E-state index in [0.717, 1.165) is 23.3 Å². The average molecular weight is 312 g/mol. The molecule has 2 N–H and O–H groups in total. The number of aromatic nitrogens is 3. The van der Waals surface area contributed by atoms with Crippen LogP contribution in [-0.2, 0) is 6.42 Å². The number of nitrogens with zero attached hydrogens (tertiary/aromatic N) is 2. The number of aromatic amines is 2. The summed E-state index contributed by atoms with van der Waals surface area (Å²) in [6, 6.07) is 20.4. The standard InChI is InChI=1S/C20H16N4/c21-11-15-7-5-14(6-8-15)9-17(20-12-22-13-23-20)19-10-16-3-1-2-4-18(16)24-19/h1-8,10,12-13,17,24H,9H2,(H,22,23). The summed E-state index contributed by atoms with van der Waals surface area (Å²) in [4.78, 5) is 10.9. The summed E-state index contributed by atoms with van der Waals surface area (Å²) in [7, 11) is 0. The Kier molecular flexibility index (Phi) is 3.60. The first kappa shape index (κ1) is 14.3. The van der Waals surface area contributed by atoms with Crippen LogP contribution < -0.4 is 0 Å². The van der Waals surface area contributed by atoms with E-state index in [2.05, 4.69) is 39.2 Å². The van der Waals surface area contributed by atoms with E-state index in [1.807, 2.05) is 42.6 Å². The molecular weight excluding hydrogens is 296 g/mol. The van der Waals surface area contributed by atoms with Gasteiger partial charge in [-0.15, -0.1) is 0 Å². The third-order valence-corrected chi connectivity index (χ3v) is 4.34. The van der Waals surface area contributed by atoms with Crippen LogP contribution in [0.5, 0.6) is 0 Å². The van der Waals surface area contributed by atoms with Gasteiger partial charge in [-0.25, -0.2) is 4.98 Å². The van der Waals surface area contributed by atoms with Crippen LogP contribution in [0.3, 0.4) is 0 Å².